The highest BCUT2D eigenvalue weighted by molar-refractivity contribution is 5.93. The molecule has 0 aliphatic rings. The SMILES string of the molecule is O=C(O)c1cc(Cn2c(-c3ccc(O)c(C(=O)O)c3)nc3ccccc32)ccc1O. The molecule has 0 bridgehead atoms. The number of imidazole rings is 1. The Hall–Kier alpha value is -4.33. The summed E-state index contributed by atoms with van der Waals surface area (Å²) in [4.78, 5) is 27.4. The van der Waals surface area contributed by atoms with Crippen LogP contribution in [0.2, 0.25) is 0 Å². The molecule has 0 aliphatic carbocycles. The second kappa shape index (κ2) is 7.25. The minimum Gasteiger partial charge on any atom is -0.507 e. The summed E-state index contributed by atoms with van der Waals surface area (Å²) in [7, 11) is 0. The molecule has 4 N–H and O–H groups in total. The van der Waals surface area contributed by atoms with Crippen molar-refractivity contribution >= 4 is 23.0 Å². The third kappa shape index (κ3) is 3.30. The molecule has 0 unspecified atom stereocenters. The normalized spacial score (nSPS) is 10.9. The van der Waals surface area contributed by atoms with Crippen LogP contribution in [0, 0.1) is 0 Å². The van der Waals surface area contributed by atoms with Crippen LogP contribution in [-0.2, 0) is 6.54 Å². The zero-order valence-electron chi connectivity index (χ0n) is 15.5. The molecule has 0 amide bonds. The second-order valence-electron chi connectivity index (χ2n) is 6.70. The summed E-state index contributed by atoms with van der Waals surface area (Å²) in [6, 6.07) is 15.8. The predicted octanol–water partition coefficient (Wildman–Crippen LogP) is 3.56. The molecule has 3 aromatic carbocycles. The van der Waals surface area contributed by atoms with E-state index in [9.17, 15) is 30.0 Å². The molecule has 1 heterocycles. The van der Waals surface area contributed by atoms with Gasteiger partial charge in [0.2, 0.25) is 0 Å². The minimum atomic E-state index is -1.26. The molecule has 1 aromatic heterocycles. The molecule has 4 aromatic rings. The molecular weight excluding hydrogens is 388 g/mol. The quantitative estimate of drug-likeness (QED) is 0.400. The van der Waals surface area contributed by atoms with Crippen LogP contribution in [0.3, 0.4) is 0 Å². The molecule has 0 fully saturated rings. The van der Waals surface area contributed by atoms with Crippen molar-refractivity contribution in [3.63, 3.8) is 0 Å². The number of aromatic carboxylic acids is 2. The highest BCUT2D eigenvalue weighted by Gasteiger charge is 2.18. The molecular formula is C22H16N2O6. The third-order valence-corrected chi connectivity index (χ3v) is 4.77. The maximum Gasteiger partial charge on any atom is 0.339 e. The van der Waals surface area contributed by atoms with Crippen molar-refractivity contribution in [1.82, 2.24) is 9.55 Å². The fourth-order valence-corrected chi connectivity index (χ4v) is 3.34. The van der Waals surface area contributed by atoms with Gasteiger partial charge in [0.15, 0.2) is 0 Å². The van der Waals surface area contributed by atoms with E-state index in [-0.39, 0.29) is 29.2 Å². The van der Waals surface area contributed by atoms with E-state index in [1.54, 1.807) is 12.1 Å². The Morgan fingerprint density at radius 1 is 0.833 bits per heavy atom. The van der Waals surface area contributed by atoms with E-state index in [1.165, 1.54) is 24.3 Å². The van der Waals surface area contributed by atoms with E-state index in [4.69, 9.17) is 0 Å². The number of benzene rings is 3. The zero-order valence-corrected chi connectivity index (χ0v) is 15.5. The zero-order chi connectivity index (χ0) is 21.4. The molecule has 0 spiro atoms. The highest BCUT2D eigenvalue weighted by atomic mass is 16.4. The first-order valence-electron chi connectivity index (χ1n) is 8.92. The largest absolute Gasteiger partial charge is 0.507 e. The Morgan fingerprint density at radius 2 is 1.47 bits per heavy atom. The average Bonchev–Trinajstić information content (AvgIpc) is 3.08. The van der Waals surface area contributed by atoms with Crippen LogP contribution in [0.1, 0.15) is 26.3 Å². The maximum atomic E-state index is 11.4. The minimum absolute atomic E-state index is 0.212. The Kier molecular flexibility index (Phi) is 4.59. The molecule has 0 atom stereocenters. The number of nitrogens with zero attached hydrogens (tertiary/aromatic N) is 2. The Balaban J connectivity index is 1.89. The average molecular weight is 404 g/mol. The number of aromatic hydroxyl groups is 2. The Bertz CT molecular complexity index is 1310. The molecule has 0 radical (unpaired) electrons. The summed E-state index contributed by atoms with van der Waals surface area (Å²) >= 11 is 0. The van der Waals surface area contributed by atoms with Gasteiger partial charge in [0, 0.05) is 12.1 Å². The number of para-hydroxylation sites is 2. The fraction of sp³-hybridized carbons (Fsp3) is 0.0455. The molecule has 8 nitrogen and oxygen atoms in total. The summed E-state index contributed by atoms with van der Waals surface area (Å²) < 4.78 is 1.82. The van der Waals surface area contributed by atoms with Crippen molar-refractivity contribution in [2.75, 3.05) is 0 Å². The Labute approximate surface area is 169 Å². The maximum absolute atomic E-state index is 11.4. The highest BCUT2D eigenvalue weighted by Crippen LogP contribution is 2.30. The topological polar surface area (TPSA) is 133 Å². The Morgan fingerprint density at radius 3 is 2.17 bits per heavy atom. The van der Waals surface area contributed by atoms with Gasteiger partial charge >= 0.3 is 11.9 Å². The number of fused-ring (bicyclic) bond motifs is 1. The van der Waals surface area contributed by atoms with Gasteiger partial charge in [-0.3, -0.25) is 0 Å². The summed E-state index contributed by atoms with van der Waals surface area (Å²) in [6.45, 7) is 0.236. The first-order chi connectivity index (χ1) is 14.3. The van der Waals surface area contributed by atoms with Gasteiger partial charge < -0.3 is 25.0 Å². The third-order valence-electron chi connectivity index (χ3n) is 4.77. The lowest BCUT2D eigenvalue weighted by molar-refractivity contribution is 0.0682. The first-order valence-corrected chi connectivity index (χ1v) is 8.92. The summed E-state index contributed by atoms with van der Waals surface area (Å²) in [5.74, 6) is -2.72. The van der Waals surface area contributed by atoms with Gasteiger partial charge in [0.1, 0.15) is 28.5 Å². The molecule has 8 heteroatoms. The van der Waals surface area contributed by atoms with Crippen molar-refractivity contribution in [2.45, 2.75) is 6.54 Å². The molecule has 30 heavy (non-hydrogen) atoms. The summed E-state index contributed by atoms with van der Waals surface area (Å²) in [6.07, 6.45) is 0. The number of hydrogen-bond acceptors (Lipinski definition) is 5. The van der Waals surface area contributed by atoms with E-state index in [0.29, 0.717) is 22.5 Å². The van der Waals surface area contributed by atoms with Crippen LogP contribution in [0.4, 0.5) is 0 Å². The number of phenols is 2. The van der Waals surface area contributed by atoms with Crippen molar-refractivity contribution < 1.29 is 30.0 Å². The lowest BCUT2D eigenvalue weighted by atomic mass is 10.1. The molecule has 0 saturated heterocycles. The molecule has 150 valence electrons. The van der Waals surface area contributed by atoms with Crippen LogP contribution >= 0.6 is 0 Å². The number of hydrogen-bond donors (Lipinski definition) is 4. The summed E-state index contributed by atoms with van der Waals surface area (Å²) in [5.41, 5.74) is 2.09. The van der Waals surface area contributed by atoms with Crippen molar-refractivity contribution in [1.29, 1.82) is 0 Å². The number of carboxylic acid groups (broad SMARTS) is 2. The van der Waals surface area contributed by atoms with E-state index < -0.39 is 11.9 Å². The monoisotopic (exact) mass is 404 g/mol. The molecule has 0 saturated carbocycles. The first kappa shape index (κ1) is 19.0. The van der Waals surface area contributed by atoms with E-state index >= 15 is 0 Å². The number of carboxylic acids is 2. The van der Waals surface area contributed by atoms with E-state index in [1.807, 2.05) is 28.8 Å². The number of carbonyl (C=O) groups is 2. The van der Waals surface area contributed by atoms with Crippen molar-refractivity contribution in [3.05, 3.63) is 77.4 Å². The molecule has 4 rings (SSSR count). The lowest BCUT2D eigenvalue weighted by Crippen LogP contribution is -2.05. The van der Waals surface area contributed by atoms with E-state index in [2.05, 4.69) is 4.98 Å². The summed E-state index contributed by atoms with van der Waals surface area (Å²) in [5, 5.41) is 38.2. The molecule has 0 aliphatic heterocycles. The van der Waals surface area contributed by atoms with Crippen LogP contribution < -0.4 is 0 Å². The smallest absolute Gasteiger partial charge is 0.339 e. The van der Waals surface area contributed by atoms with Gasteiger partial charge in [-0.25, -0.2) is 14.6 Å². The van der Waals surface area contributed by atoms with Gasteiger partial charge in [0.25, 0.3) is 0 Å². The van der Waals surface area contributed by atoms with Gasteiger partial charge in [-0.1, -0.05) is 18.2 Å². The van der Waals surface area contributed by atoms with E-state index in [0.717, 1.165) is 5.52 Å². The van der Waals surface area contributed by atoms with Crippen molar-refractivity contribution in [3.8, 4) is 22.9 Å². The lowest BCUT2D eigenvalue weighted by Gasteiger charge is -2.12. The number of aromatic nitrogens is 2. The fourth-order valence-electron chi connectivity index (χ4n) is 3.34. The van der Waals surface area contributed by atoms with Gasteiger partial charge in [0.05, 0.1) is 11.0 Å². The number of rotatable bonds is 5. The standard InChI is InChI=1S/C22H16N2O6/c25-18-7-5-12(9-14(18)21(27)28)11-24-17-4-2-1-3-16(17)23-20(24)13-6-8-19(26)15(10-13)22(29)30/h1-10,25-26H,11H2,(H,27,28)(H,29,30). The van der Waals surface area contributed by atoms with Gasteiger partial charge in [-0.2, -0.15) is 0 Å². The van der Waals surface area contributed by atoms with Gasteiger partial charge in [-0.15, -0.1) is 0 Å². The van der Waals surface area contributed by atoms with Crippen molar-refractivity contribution in [2.24, 2.45) is 0 Å². The van der Waals surface area contributed by atoms with Gasteiger partial charge in [-0.05, 0) is 48.0 Å². The van der Waals surface area contributed by atoms with Crippen LogP contribution in [0.5, 0.6) is 11.5 Å². The van der Waals surface area contributed by atoms with Crippen LogP contribution in [-0.4, -0.2) is 41.9 Å². The predicted molar refractivity (Wildman–Crippen MR) is 108 cm³/mol. The second-order valence-corrected chi connectivity index (χ2v) is 6.70. The van der Waals surface area contributed by atoms with Crippen LogP contribution in [0.25, 0.3) is 22.4 Å². The van der Waals surface area contributed by atoms with Crippen LogP contribution in [0.15, 0.2) is 60.7 Å².